The summed E-state index contributed by atoms with van der Waals surface area (Å²) in [6.45, 7) is 10.4. The molecule has 1 aliphatic heterocycles. The number of amides is 1. The minimum Gasteiger partial charge on any atom is -0.372 e. The molecule has 0 bridgehead atoms. The molecule has 10 heteroatoms. The molecule has 0 radical (unpaired) electrons. The second-order valence-electron chi connectivity index (χ2n) is 9.74. The average Bonchev–Trinajstić information content (AvgIpc) is 3.15. The predicted molar refractivity (Wildman–Crippen MR) is 124 cm³/mol. The Balaban J connectivity index is 1.69. The summed E-state index contributed by atoms with van der Waals surface area (Å²) in [5, 5.41) is 7.08. The summed E-state index contributed by atoms with van der Waals surface area (Å²) in [4.78, 5) is 19.1. The lowest BCUT2D eigenvalue weighted by Crippen LogP contribution is -2.46. The number of carbonyl (C=O) groups is 1. The van der Waals surface area contributed by atoms with Gasteiger partial charge in [-0.15, -0.1) is 5.10 Å². The summed E-state index contributed by atoms with van der Waals surface area (Å²) < 4.78 is 48.1. The molecule has 34 heavy (non-hydrogen) atoms. The first-order chi connectivity index (χ1) is 15.8. The number of rotatable bonds is 3. The first-order valence-corrected chi connectivity index (χ1v) is 11.1. The van der Waals surface area contributed by atoms with Gasteiger partial charge in [-0.1, -0.05) is 26.8 Å². The minimum absolute atomic E-state index is 0.0773. The molecule has 1 saturated heterocycles. The van der Waals surface area contributed by atoms with E-state index in [9.17, 15) is 18.0 Å². The Morgan fingerprint density at radius 3 is 2.38 bits per heavy atom. The summed E-state index contributed by atoms with van der Waals surface area (Å²) in [6.07, 6.45) is -2.78. The number of alkyl halides is 3. The molecule has 0 spiro atoms. The number of halogens is 3. The van der Waals surface area contributed by atoms with Crippen LogP contribution in [0.2, 0.25) is 0 Å². The van der Waals surface area contributed by atoms with Crippen molar-refractivity contribution in [2.75, 3.05) is 23.3 Å². The van der Waals surface area contributed by atoms with Crippen LogP contribution >= 0.6 is 0 Å². The molecule has 1 fully saturated rings. The fraction of sp³-hybridized carbons (Fsp3) is 0.458. The van der Waals surface area contributed by atoms with Gasteiger partial charge in [0.15, 0.2) is 5.65 Å². The molecule has 1 amide bonds. The van der Waals surface area contributed by atoms with Crippen molar-refractivity contribution in [2.45, 2.75) is 53.0 Å². The van der Waals surface area contributed by atoms with Crippen molar-refractivity contribution in [1.29, 1.82) is 0 Å². The fourth-order valence-electron chi connectivity index (χ4n) is 3.91. The quantitative estimate of drug-likeness (QED) is 0.576. The highest BCUT2D eigenvalue weighted by Crippen LogP contribution is 2.38. The number of benzene rings is 1. The van der Waals surface area contributed by atoms with Crippen molar-refractivity contribution >= 4 is 23.1 Å². The molecule has 7 nitrogen and oxygen atoms in total. The summed E-state index contributed by atoms with van der Waals surface area (Å²) in [5.74, 6) is 0.259. The normalized spacial score (nSPS) is 19.5. The monoisotopic (exact) mass is 475 g/mol. The maximum Gasteiger partial charge on any atom is 0.418 e. The van der Waals surface area contributed by atoms with E-state index in [1.807, 2.05) is 26.0 Å². The molecule has 2 aromatic heterocycles. The van der Waals surface area contributed by atoms with Gasteiger partial charge in [0.2, 0.25) is 5.91 Å². The predicted octanol–water partition coefficient (Wildman–Crippen LogP) is 5.01. The van der Waals surface area contributed by atoms with Gasteiger partial charge in [0.05, 0.1) is 35.3 Å². The number of nitrogens with zero attached hydrogens (tertiary/aromatic N) is 4. The Hall–Kier alpha value is -3.14. The van der Waals surface area contributed by atoms with E-state index in [4.69, 9.17) is 4.74 Å². The Morgan fingerprint density at radius 2 is 1.76 bits per heavy atom. The highest BCUT2D eigenvalue weighted by Gasteiger charge is 2.35. The third-order valence-electron chi connectivity index (χ3n) is 5.60. The summed E-state index contributed by atoms with van der Waals surface area (Å²) in [7, 11) is 0. The zero-order chi connectivity index (χ0) is 24.8. The molecule has 3 heterocycles. The summed E-state index contributed by atoms with van der Waals surface area (Å²) in [6, 6.07) is 7.32. The van der Waals surface area contributed by atoms with E-state index < -0.39 is 23.1 Å². The van der Waals surface area contributed by atoms with Gasteiger partial charge in [0.25, 0.3) is 0 Å². The molecule has 1 aromatic carbocycles. The number of hydrogen-bond donors (Lipinski definition) is 1. The minimum atomic E-state index is -4.61. The Labute approximate surface area is 195 Å². The molecule has 182 valence electrons. The van der Waals surface area contributed by atoms with Gasteiger partial charge in [-0.25, -0.2) is 9.50 Å². The lowest BCUT2D eigenvalue weighted by Gasteiger charge is -2.35. The van der Waals surface area contributed by atoms with Crippen molar-refractivity contribution < 1.29 is 22.7 Å². The average molecular weight is 476 g/mol. The first kappa shape index (κ1) is 24.0. The standard InChI is InChI=1S/C24H28F3N5O2/c1-14-11-31(12-15(2)34-14)21-9-8-20-28-19(13-32(20)30-21)16-6-7-17(24(25,26)27)18(10-16)29-22(33)23(3,4)5/h6-10,13-15H,11-12H2,1-5H3,(H,29,33)/t14-,15?/m0/s1. The van der Waals surface area contributed by atoms with Gasteiger partial charge in [-0.2, -0.15) is 13.2 Å². The zero-order valence-corrected chi connectivity index (χ0v) is 19.8. The number of hydrogen-bond acceptors (Lipinski definition) is 5. The van der Waals surface area contributed by atoms with Crippen LogP contribution < -0.4 is 10.2 Å². The third kappa shape index (κ3) is 5.01. The Kier molecular flexibility index (Phi) is 6.05. The molecular weight excluding hydrogens is 447 g/mol. The van der Waals surface area contributed by atoms with Crippen molar-refractivity contribution in [3.63, 3.8) is 0 Å². The maximum atomic E-state index is 13.6. The smallest absolute Gasteiger partial charge is 0.372 e. The number of imidazole rings is 1. The summed E-state index contributed by atoms with van der Waals surface area (Å²) in [5.41, 5.74) is -0.600. The van der Waals surface area contributed by atoms with Crippen LogP contribution in [0.5, 0.6) is 0 Å². The molecule has 1 unspecified atom stereocenters. The van der Waals surface area contributed by atoms with Gasteiger partial charge in [-0.3, -0.25) is 4.79 Å². The largest absolute Gasteiger partial charge is 0.418 e. The maximum absolute atomic E-state index is 13.6. The van der Waals surface area contributed by atoms with Gasteiger partial charge in [-0.05, 0) is 38.1 Å². The van der Waals surface area contributed by atoms with E-state index in [2.05, 4.69) is 20.3 Å². The van der Waals surface area contributed by atoms with Crippen LogP contribution in [0.1, 0.15) is 40.2 Å². The van der Waals surface area contributed by atoms with Crippen LogP contribution in [0.3, 0.4) is 0 Å². The van der Waals surface area contributed by atoms with Crippen LogP contribution in [0.25, 0.3) is 16.9 Å². The van der Waals surface area contributed by atoms with Crippen molar-refractivity contribution in [3.8, 4) is 11.3 Å². The van der Waals surface area contributed by atoms with E-state index in [0.29, 0.717) is 30.0 Å². The zero-order valence-electron chi connectivity index (χ0n) is 19.8. The lowest BCUT2D eigenvalue weighted by molar-refractivity contribution is -0.137. The van der Waals surface area contributed by atoms with Crippen molar-refractivity contribution in [1.82, 2.24) is 14.6 Å². The number of aromatic nitrogens is 3. The first-order valence-electron chi connectivity index (χ1n) is 11.1. The van der Waals surface area contributed by atoms with Crippen LogP contribution in [-0.2, 0) is 15.7 Å². The number of fused-ring (bicyclic) bond motifs is 1. The molecule has 1 aliphatic rings. The van der Waals surface area contributed by atoms with Crippen molar-refractivity contribution in [3.05, 3.63) is 42.1 Å². The fourth-order valence-corrected chi connectivity index (χ4v) is 3.91. The summed E-state index contributed by atoms with van der Waals surface area (Å²) >= 11 is 0. The number of ether oxygens (including phenoxy) is 1. The van der Waals surface area contributed by atoms with E-state index in [1.165, 1.54) is 12.1 Å². The number of carbonyl (C=O) groups excluding carboxylic acids is 1. The molecule has 0 saturated carbocycles. The van der Waals surface area contributed by atoms with E-state index in [-0.39, 0.29) is 17.9 Å². The Morgan fingerprint density at radius 1 is 1.09 bits per heavy atom. The number of nitrogens with one attached hydrogen (secondary N) is 1. The second-order valence-corrected chi connectivity index (χ2v) is 9.74. The van der Waals surface area contributed by atoms with Gasteiger partial charge >= 0.3 is 6.18 Å². The van der Waals surface area contributed by atoms with E-state index >= 15 is 0 Å². The highest BCUT2D eigenvalue weighted by molar-refractivity contribution is 5.96. The molecular formula is C24H28F3N5O2. The van der Waals surface area contributed by atoms with E-state index in [0.717, 1.165) is 11.9 Å². The lowest BCUT2D eigenvalue weighted by atomic mass is 9.95. The topological polar surface area (TPSA) is 71.8 Å². The van der Waals surface area contributed by atoms with Crippen molar-refractivity contribution in [2.24, 2.45) is 5.41 Å². The molecule has 3 aromatic rings. The molecule has 2 atom stereocenters. The van der Waals surface area contributed by atoms with Crippen LogP contribution in [-0.4, -0.2) is 45.8 Å². The molecule has 0 aliphatic carbocycles. The van der Waals surface area contributed by atoms with E-state index in [1.54, 1.807) is 31.5 Å². The van der Waals surface area contributed by atoms with Gasteiger partial charge < -0.3 is 15.0 Å². The molecule has 1 N–H and O–H groups in total. The molecule has 4 rings (SSSR count). The second kappa shape index (κ2) is 8.57. The van der Waals surface area contributed by atoms with Gasteiger partial charge in [0.1, 0.15) is 5.82 Å². The van der Waals surface area contributed by atoms with Gasteiger partial charge in [0, 0.05) is 24.1 Å². The van der Waals surface area contributed by atoms with Crippen LogP contribution in [0, 0.1) is 5.41 Å². The number of morpholine rings is 1. The van der Waals surface area contributed by atoms with Crippen LogP contribution in [0.4, 0.5) is 24.7 Å². The third-order valence-corrected chi connectivity index (χ3v) is 5.60. The Bertz CT molecular complexity index is 1210. The number of anilines is 2. The SMILES string of the molecule is CC1CN(c2ccc3nc(-c4ccc(C(F)(F)F)c(NC(=O)C(C)(C)C)c4)cn3n2)C[C@H](C)O1. The highest BCUT2D eigenvalue weighted by atomic mass is 19.4. The van der Waals surface area contributed by atoms with Crippen LogP contribution in [0.15, 0.2) is 36.5 Å².